The van der Waals surface area contributed by atoms with E-state index in [1.54, 1.807) is 0 Å². The Morgan fingerprint density at radius 2 is 2.07 bits per heavy atom. The van der Waals surface area contributed by atoms with Gasteiger partial charge in [-0.05, 0) is 49.3 Å². The van der Waals surface area contributed by atoms with Crippen molar-refractivity contribution in [2.75, 3.05) is 31.6 Å². The number of benzene rings is 1. The van der Waals surface area contributed by atoms with E-state index in [1.807, 2.05) is 16.7 Å². The van der Waals surface area contributed by atoms with Crippen molar-refractivity contribution in [3.63, 3.8) is 0 Å². The van der Waals surface area contributed by atoms with E-state index < -0.39 is 0 Å². The third kappa shape index (κ3) is 9.19. The highest BCUT2D eigenvalue weighted by Crippen LogP contribution is 2.15. The summed E-state index contributed by atoms with van der Waals surface area (Å²) in [5.41, 5.74) is 2.36. The van der Waals surface area contributed by atoms with Gasteiger partial charge < -0.3 is 15.5 Å². The number of halogens is 1. The summed E-state index contributed by atoms with van der Waals surface area (Å²) < 4.78 is 0. The zero-order valence-electron chi connectivity index (χ0n) is 16.5. The van der Waals surface area contributed by atoms with Crippen molar-refractivity contribution in [2.24, 2.45) is 4.99 Å². The topological polar surface area (TPSA) is 56.7 Å². The molecule has 2 N–H and O–H groups in total. The Balaban J connectivity index is 0.00000364. The van der Waals surface area contributed by atoms with Crippen molar-refractivity contribution < 1.29 is 4.79 Å². The zero-order valence-corrected chi connectivity index (χ0v) is 19.6. The fourth-order valence-electron chi connectivity index (χ4n) is 3.01. The number of nitrogens with one attached hydrogen (secondary N) is 2. The maximum Gasteiger partial charge on any atom is 0.222 e. The highest BCUT2D eigenvalue weighted by molar-refractivity contribution is 14.0. The van der Waals surface area contributed by atoms with Gasteiger partial charge in [0, 0.05) is 32.6 Å². The summed E-state index contributed by atoms with van der Waals surface area (Å²) in [5.74, 6) is 2.35. The molecule has 1 amide bonds. The molecule has 0 atom stereocenters. The summed E-state index contributed by atoms with van der Waals surface area (Å²) in [6.45, 7) is 6.12. The molecular formula is C20H33IN4OS. The van der Waals surface area contributed by atoms with Crippen LogP contribution in [-0.2, 0) is 17.9 Å². The maximum atomic E-state index is 11.8. The molecule has 0 unspecified atom stereocenters. The second kappa shape index (κ2) is 14.1. The van der Waals surface area contributed by atoms with Gasteiger partial charge in [0.25, 0.3) is 0 Å². The number of thioether (sulfide) groups is 1. The van der Waals surface area contributed by atoms with E-state index in [0.29, 0.717) is 19.5 Å². The smallest absolute Gasteiger partial charge is 0.222 e. The van der Waals surface area contributed by atoms with E-state index in [1.165, 1.54) is 23.3 Å². The Kier molecular flexibility index (Phi) is 12.6. The van der Waals surface area contributed by atoms with Gasteiger partial charge in [-0.25, -0.2) is 4.99 Å². The van der Waals surface area contributed by atoms with Gasteiger partial charge in [-0.15, -0.1) is 24.0 Å². The van der Waals surface area contributed by atoms with Crippen LogP contribution in [0.5, 0.6) is 0 Å². The van der Waals surface area contributed by atoms with Gasteiger partial charge in [0.1, 0.15) is 0 Å². The van der Waals surface area contributed by atoms with Gasteiger partial charge in [-0.1, -0.05) is 24.3 Å². The molecule has 0 radical (unpaired) electrons. The number of hydrogen-bond donors (Lipinski definition) is 2. The van der Waals surface area contributed by atoms with Crippen LogP contribution < -0.4 is 10.6 Å². The molecule has 2 rings (SSSR count). The van der Waals surface area contributed by atoms with Gasteiger partial charge in [-0.3, -0.25) is 4.79 Å². The van der Waals surface area contributed by atoms with Crippen LogP contribution >= 0.6 is 35.7 Å². The number of rotatable bonds is 10. The lowest BCUT2D eigenvalue weighted by Crippen LogP contribution is -2.37. The van der Waals surface area contributed by atoms with Crippen LogP contribution in [0.4, 0.5) is 0 Å². The Hall–Kier alpha value is -0.960. The van der Waals surface area contributed by atoms with Crippen molar-refractivity contribution >= 4 is 47.6 Å². The SMILES string of the molecule is CCNC(=NCc1cccc(CN2CCCC2=O)c1)NCCCCSC.I. The van der Waals surface area contributed by atoms with Gasteiger partial charge >= 0.3 is 0 Å². The van der Waals surface area contributed by atoms with E-state index in [2.05, 4.69) is 48.1 Å². The monoisotopic (exact) mass is 504 g/mol. The third-order valence-electron chi connectivity index (χ3n) is 4.37. The Bertz CT molecular complexity index is 597. The first-order chi connectivity index (χ1) is 12.7. The van der Waals surface area contributed by atoms with Gasteiger partial charge in [0.15, 0.2) is 5.96 Å². The van der Waals surface area contributed by atoms with Crippen LogP contribution in [0.25, 0.3) is 0 Å². The number of likely N-dealkylation sites (tertiary alicyclic amines) is 1. The van der Waals surface area contributed by atoms with Crippen molar-refractivity contribution in [3.05, 3.63) is 35.4 Å². The molecule has 0 spiro atoms. The zero-order chi connectivity index (χ0) is 18.6. The summed E-state index contributed by atoms with van der Waals surface area (Å²) in [6, 6.07) is 8.41. The van der Waals surface area contributed by atoms with Crippen LogP contribution in [0.2, 0.25) is 0 Å². The lowest BCUT2D eigenvalue weighted by molar-refractivity contribution is -0.128. The molecule has 5 nitrogen and oxygen atoms in total. The molecule has 1 aliphatic rings. The Labute approximate surface area is 185 Å². The average Bonchev–Trinajstić information content (AvgIpc) is 3.04. The quantitative estimate of drug-likeness (QED) is 0.221. The predicted molar refractivity (Wildman–Crippen MR) is 127 cm³/mol. The second-order valence-corrected chi connectivity index (χ2v) is 7.55. The molecule has 1 saturated heterocycles. The number of guanidine groups is 1. The van der Waals surface area contributed by atoms with Crippen LogP contribution in [0.3, 0.4) is 0 Å². The molecule has 1 heterocycles. The van der Waals surface area contributed by atoms with E-state index in [4.69, 9.17) is 4.99 Å². The highest BCUT2D eigenvalue weighted by atomic mass is 127. The Morgan fingerprint density at radius 1 is 1.26 bits per heavy atom. The molecule has 7 heteroatoms. The van der Waals surface area contributed by atoms with E-state index in [9.17, 15) is 4.79 Å². The number of aliphatic imine (C=N–C) groups is 1. The maximum absolute atomic E-state index is 11.8. The predicted octanol–water partition coefficient (Wildman–Crippen LogP) is 3.63. The minimum absolute atomic E-state index is 0. The second-order valence-electron chi connectivity index (χ2n) is 6.56. The number of unbranched alkanes of at least 4 members (excludes halogenated alkanes) is 1. The lowest BCUT2D eigenvalue weighted by atomic mass is 10.1. The highest BCUT2D eigenvalue weighted by Gasteiger charge is 2.19. The summed E-state index contributed by atoms with van der Waals surface area (Å²) in [4.78, 5) is 18.4. The van der Waals surface area contributed by atoms with Gasteiger partial charge in [0.05, 0.1) is 6.54 Å². The normalized spacial score (nSPS) is 14.2. The number of carbonyl (C=O) groups is 1. The first-order valence-corrected chi connectivity index (χ1v) is 11.0. The van der Waals surface area contributed by atoms with Crippen molar-refractivity contribution in [3.8, 4) is 0 Å². The van der Waals surface area contributed by atoms with E-state index in [0.717, 1.165) is 38.4 Å². The number of hydrogen-bond acceptors (Lipinski definition) is 3. The largest absolute Gasteiger partial charge is 0.357 e. The molecule has 0 saturated carbocycles. The Morgan fingerprint density at radius 3 is 2.78 bits per heavy atom. The molecule has 1 aromatic carbocycles. The minimum Gasteiger partial charge on any atom is -0.357 e. The summed E-state index contributed by atoms with van der Waals surface area (Å²) >= 11 is 1.89. The first kappa shape index (κ1) is 24.1. The minimum atomic E-state index is 0. The molecule has 0 aliphatic carbocycles. The molecule has 27 heavy (non-hydrogen) atoms. The fourth-order valence-corrected chi connectivity index (χ4v) is 3.50. The molecular weight excluding hydrogens is 471 g/mol. The summed E-state index contributed by atoms with van der Waals surface area (Å²) in [7, 11) is 0. The average molecular weight is 504 g/mol. The van der Waals surface area contributed by atoms with Crippen molar-refractivity contribution in [1.82, 2.24) is 15.5 Å². The van der Waals surface area contributed by atoms with Gasteiger partial charge in [0.2, 0.25) is 5.91 Å². The molecule has 0 bridgehead atoms. The van der Waals surface area contributed by atoms with E-state index in [-0.39, 0.29) is 29.9 Å². The fraction of sp³-hybridized carbons (Fsp3) is 0.600. The van der Waals surface area contributed by atoms with E-state index >= 15 is 0 Å². The molecule has 0 aromatic heterocycles. The van der Waals surface area contributed by atoms with Crippen LogP contribution in [-0.4, -0.2) is 48.4 Å². The molecule has 1 aromatic rings. The number of carbonyl (C=O) groups excluding carboxylic acids is 1. The summed E-state index contributed by atoms with van der Waals surface area (Å²) in [6.07, 6.45) is 6.21. The van der Waals surface area contributed by atoms with Gasteiger partial charge in [-0.2, -0.15) is 11.8 Å². The third-order valence-corrected chi connectivity index (χ3v) is 5.06. The standard InChI is InChI=1S/C20H32N4OS.HI/c1-3-21-20(22-11-4-5-13-26-2)23-15-17-8-6-9-18(14-17)16-24-12-7-10-19(24)25;/h6,8-9,14H,3-5,7,10-13,15-16H2,1-2H3,(H2,21,22,23);1H. The lowest BCUT2D eigenvalue weighted by Gasteiger charge is -2.16. The van der Waals surface area contributed by atoms with Crippen molar-refractivity contribution in [1.29, 1.82) is 0 Å². The number of nitrogens with zero attached hydrogens (tertiary/aromatic N) is 2. The summed E-state index contributed by atoms with van der Waals surface area (Å²) in [5, 5.41) is 6.71. The van der Waals surface area contributed by atoms with Crippen LogP contribution in [0, 0.1) is 0 Å². The molecule has 152 valence electrons. The van der Waals surface area contributed by atoms with Crippen LogP contribution in [0.15, 0.2) is 29.3 Å². The molecule has 1 fully saturated rings. The van der Waals surface area contributed by atoms with Crippen LogP contribution in [0.1, 0.15) is 43.7 Å². The van der Waals surface area contributed by atoms with Crippen molar-refractivity contribution in [2.45, 2.75) is 45.7 Å². The molecule has 1 aliphatic heterocycles. The number of amides is 1. The first-order valence-electron chi connectivity index (χ1n) is 9.59.